The summed E-state index contributed by atoms with van der Waals surface area (Å²) in [6, 6.07) is 21.3. The summed E-state index contributed by atoms with van der Waals surface area (Å²) in [6.07, 6.45) is 1.90. The first-order valence-corrected chi connectivity index (χ1v) is 9.72. The molecule has 140 valence electrons. The molecule has 1 saturated heterocycles. The van der Waals surface area contributed by atoms with Gasteiger partial charge in [-0.3, -0.25) is 0 Å². The van der Waals surface area contributed by atoms with Gasteiger partial charge in [-0.1, -0.05) is 60.7 Å². The minimum atomic E-state index is -0.166. The van der Waals surface area contributed by atoms with Crippen LogP contribution in [0.4, 0.5) is 0 Å². The highest BCUT2D eigenvalue weighted by atomic mass is 16.5. The van der Waals surface area contributed by atoms with Crippen molar-refractivity contribution in [1.29, 1.82) is 0 Å². The zero-order valence-corrected chi connectivity index (χ0v) is 16.0. The van der Waals surface area contributed by atoms with Gasteiger partial charge >= 0.3 is 0 Å². The number of hydrogen-bond donors (Lipinski definition) is 2. The number of benzene rings is 2. The predicted molar refractivity (Wildman–Crippen MR) is 105 cm³/mol. The van der Waals surface area contributed by atoms with E-state index in [-0.39, 0.29) is 23.5 Å². The van der Waals surface area contributed by atoms with Crippen LogP contribution in [0.25, 0.3) is 0 Å². The topological polar surface area (TPSA) is 46.1 Å². The second-order valence-corrected chi connectivity index (χ2v) is 8.15. The van der Waals surface area contributed by atoms with Crippen LogP contribution in [0.2, 0.25) is 0 Å². The van der Waals surface area contributed by atoms with Crippen molar-refractivity contribution in [1.82, 2.24) is 0 Å². The van der Waals surface area contributed by atoms with Gasteiger partial charge in [0.2, 0.25) is 0 Å². The van der Waals surface area contributed by atoms with Crippen LogP contribution in [-0.4, -0.2) is 30.5 Å². The van der Waals surface area contributed by atoms with Crippen LogP contribution in [0.1, 0.15) is 37.8 Å². The molecule has 0 saturated carbocycles. The van der Waals surface area contributed by atoms with Crippen molar-refractivity contribution in [3.8, 4) is 0 Å². The van der Waals surface area contributed by atoms with E-state index in [1.54, 1.807) is 0 Å². The molecule has 0 aromatic heterocycles. The largest absolute Gasteiger partial charge is 0.396 e. The summed E-state index contributed by atoms with van der Waals surface area (Å²) in [7, 11) is 0. The fourth-order valence-electron chi connectivity index (χ4n) is 4.55. The summed E-state index contributed by atoms with van der Waals surface area (Å²) in [6.45, 7) is 7.16. The van der Waals surface area contributed by atoms with Crippen LogP contribution in [0.15, 0.2) is 60.7 Å². The minimum Gasteiger partial charge on any atom is -0.396 e. The van der Waals surface area contributed by atoms with Gasteiger partial charge in [-0.25, -0.2) is 0 Å². The fourth-order valence-corrected chi connectivity index (χ4v) is 4.55. The average Bonchev–Trinajstić information content (AvgIpc) is 2.66. The van der Waals surface area contributed by atoms with Crippen molar-refractivity contribution in [2.45, 2.75) is 44.2 Å². The molecule has 0 bridgehead atoms. The number of nitrogens with two attached hydrogens (primary N) is 1. The van der Waals surface area contributed by atoms with Gasteiger partial charge in [0.15, 0.2) is 0 Å². The van der Waals surface area contributed by atoms with Gasteiger partial charge in [-0.2, -0.15) is 0 Å². The first kappa shape index (κ1) is 19.1. The van der Waals surface area contributed by atoms with Gasteiger partial charge in [0, 0.05) is 23.5 Å². The first-order chi connectivity index (χ1) is 12.6. The standard InChI is InChI=1S/C23H31NO2/c1-22(2)18-23(13-14-26-22,20-11-7-4-8-12-20)21(17-25)16-24-15-19-9-5-3-6-10-19/h3-12,21,24-25H,13-18H2,1-2H3/p+1/t21-,23+/m1/s1. The van der Waals surface area contributed by atoms with Gasteiger partial charge in [-0.15, -0.1) is 0 Å². The number of aliphatic hydroxyl groups is 1. The van der Waals surface area contributed by atoms with Crippen molar-refractivity contribution in [2.24, 2.45) is 5.92 Å². The van der Waals surface area contributed by atoms with E-state index < -0.39 is 0 Å². The molecule has 0 radical (unpaired) electrons. The van der Waals surface area contributed by atoms with Crippen molar-refractivity contribution >= 4 is 0 Å². The van der Waals surface area contributed by atoms with Crippen LogP contribution in [-0.2, 0) is 16.7 Å². The molecule has 2 aromatic carbocycles. The van der Waals surface area contributed by atoms with Gasteiger partial charge in [-0.05, 0) is 32.3 Å². The maximum Gasteiger partial charge on any atom is 0.101 e. The highest BCUT2D eigenvalue weighted by Crippen LogP contribution is 2.46. The zero-order valence-electron chi connectivity index (χ0n) is 16.0. The first-order valence-electron chi connectivity index (χ1n) is 9.72. The Hall–Kier alpha value is -1.68. The van der Waals surface area contributed by atoms with Crippen molar-refractivity contribution in [3.05, 3.63) is 71.8 Å². The number of quaternary nitrogens is 1. The van der Waals surface area contributed by atoms with E-state index in [0.717, 1.165) is 32.5 Å². The third-order valence-electron chi connectivity index (χ3n) is 5.81. The quantitative estimate of drug-likeness (QED) is 0.803. The summed E-state index contributed by atoms with van der Waals surface area (Å²) in [5.74, 6) is 0.205. The Morgan fingerprint density at radius 2 is 1.69 bits per heavy atom. The maximum absolute atomic E-state index is 10.3. The molecule has 3 rings (SSSR count). The van der Waals surface area contributed by atoms with Crippen molar-refractivity contribution < 1.29 is 15.2 Å². The number of ether oxygens (including phenoxy) is 1. The monoisotopic (exact) mass is 354 g/mol. The third kappa shape index (κ3) is 4.35. The van der Waals surface area contributed by atoms with Crippen LogP contribution in [0.3, 0.4) is 0 Å². The zero-order chi connectivity index (χ0) is 18.5. The second-order valence-electron chi connectivity index (χ2n) is 8.15. The average molecular weight is 355 g/mol. The summed E-state index contributed by atoms with van der Waals surface area (Å²) in [4.78, 5) is 0. The van der Waals surface area contributed by atoms with Crippen LogP contribution in [0, 0.1) is 5.92 Å². The molecule has 2 atom stereocenters. The van der Waals surface area contributed by atoms with E-state index in [2.05, 4.69) is 79.8 Å². The van der Waals surface area contributed by atoms with E-state index in [1.807, 2.05) is 0 Å². The minimum absolute atomic E-state index is 0.0368. The molecule has 1 fully saturated rings. The maximum atomic E-state index is 10.3. The Balaban J connectivity index is 1.80. The van der Waals surface area contributed by atoms with Crippen LogP contribution in [0.5, 0.6) is 0 Å². The molecule has 1 aliphatic rings. The van der Waals surface area contributed by atoms with Gasteiger partial charge in [0.25, 0.3) is 0 Å². The Morgan fingerprint density at radius 1 is 1.04 bits per heavy atom. The summed E-state index contributed by atoms with van der Waals surface area (Å²) in [5, 5.41) is 12.6. The SMILES string of the molecule is CC1(C)C[C@@](c2ccccc2)([C@@H](CO)C[NH2+]Cc2ccccc2)CCO1. The molecule has 1 aliphatic heterocycles. The normalized spacial score (nSPS) is 23.5. The lowest BCUT2D eigenvalue weighted by atomic mass is 9.62. The third-order valence-corrected chi connectivity index (χ3v) is 5.81. The molecule has 0 aliphatic carbocycles. The molecule has 2 aromatic rings. The number of aliphatic hydroxyl groups excluding tert-OH is 1. The van der Waals surface area contributed by atoms with E-state index in [9.17, 15) is 5.11 Å². The smallest absolute Gasteiger partial charge is 0.101 e. The van der Waals surface area contributed by atoms with Crippen LogP contribution >= 0.6 is 0 Å². The fraction of sp³-hybridized carbons (Fsp3) is 0.478. The highest BCUT2D eigenvalue weighted by Gasteiger charge is 2.47. The molecular weight excluding hydrogens is 322 g/mol. The van der Waals surface area contributed by atoms with Crippen molar-refractivity contribution in [2.75, 3.05) is 19.8 Å². The second kappa shape index (κ2) is 8.34. The Kier molecular flexibility index (Phi) is 6.13. The Labute approximate surface area is 157 Å². The molecule has 0 unspecified atom stereocenters. The lowest BCUT2D eigenvalue weighted by Gasteiger charge is -2.48. The van der Waals surface area contributed by atoms with E-state index >= 15 is 0 Å². The molecule has 0 amide bonds. The number of hydrogen-bond acceptors (Lipinski definition) is 2. The summed E-state index contributed by atoms with van der Waals surface area (Å²) < 4.78 is 6.02. The van der Waals surface area contributed by atoms with Gasteiger partial charge in [0.05, 0.1) is 18.8 Å². The molecule has 3 N–H and O–H groups in total. The summed E-state index contributed by atoms with van der Waals surface area (Å²) in [5.41, 5.74) is 2.46. The molecule has 26 heavy (non-hydrogen) atoms. The summed E-state index contributed by atoms with van der Waals surface area (Å²) >= 11 is 0. The van der Waals surface area contributed by atoms with Gasteiger partial charge in [0.1, 0.15) is 6.54 Å². The predicted octanol–water partition coefficient (Wildman–Crippen LogP) is 2.89. The van der Waals surface area contributed by atoms with Crippen molar-refractivity contribution in [3.63, 3.8) is 0 Å². The van der Waals surface area contributed by atoms with E-state index in [4.69, 9.17) is 4.74 Å². The van der Waals surface area contributed by atoms with Gasteiger partial charge < -0.3 is 15.2 Å². The van der Waals surface area contributed by atoms with Crippen LogP contribution < -0.4 is 5.32 Å². The molecule has 3 nitrogen and oxygen atoms in total. The number of rotatable bonds is 7. The highest BCUT2D eigenvalue weighted by molar-refractivity contribution is 5.28. The Bertz CT molecular complexity index is 671. The van der Waals surface area contributed by atoms with E-state index in [1.165, 1.54) is 11.1 Å². The molecule has 0 spiro atoms. The Morgan fingerprint density at radius 3 is 2.31 bits per heavy atom. The lowest BCUT2D eigenvalue weighted by molar-refractivity contribution is -0.677. The molecule has 1 heterocycles. The lowest BCUT2D eigenvalue weighted by Crippen LogP contribution is -2.85. The molecule has 3 heteroatoms. The molecular formula is C23H32NO2+. The van der Waals surface area contributed by atoms with E-state index in [0.29, 0.717) is 0 Å².